The van der Waals surface area contributed by atoms with Crippen molar-refractivity contribution in [3.8, 4) is 16.4 Å². The van der Waals surface area contributed by atoms with Crippen LogP contribution in [0.25, 0.3) is 16.4 Å². The highest BCUT2D eigenvalue weighted by Crippen LogP contribution is 2.29. The Balaban J connectivity index is 1.71. The van der Waals surface area contributed by atoms with Gasteiger partial charge in [-0.1, -0.05) is 12.5 Å². The van der Waals surface area contributed by atoms with Crippen LogP contribution in [-0.2, 0) is 0 Å². The highest BCUT2D eigenvalue weighted by atomic mass is 32.1. The Bertz CT molecular complexity index is 945. The molecule has 1 amide bonds. The Morgan fingerprint density at radius 2 is 2.04 bits per heavy atom. The lowest BCUT2D eigenvalue weighted by Gasteiger charge is -2.34. The molecule has 3 aromatic rings. The highest BCUT2D eigenvalue weighted by molar-refractivity contribution is 7.13. The maximum Gasteiger partial charge on any atom is 0.293 e. The van der Waals surface area contributed by atoms with E-state index < -0.39 is 0 Å². The van der Waals surface area contributed by atoms with Gasteiger partial charge in [0.15, 0.2) is 5.82 Å². The predicted molar refractivity (Wildman–Crippen MR) is 108 cm³/mol. The molecule has 28 heavy (non-hydrogen) atoms. The molecule has 0 aliphatic heterocycles. The van der Waals surface area contributed by atoms with Gasteiger partial charge in [0.25, 0.3) is 5.91 Å². The fourth-order valence-electron chi connectivity index (χ4n) is 3.34. The molecule has 0 saturated heterocycles. The normalized spacial score (nSPS) is 14.3. The number of hydrogen-bond acceptors (Lipinski definition) is 4. The number of nitrogens with zero attached hydrogens (tertiary/aromatic N) is 4. The van der Waals surface area contributed by atoms with Crippen molar-refractivity contribution >= 4 is 17.2 Å². The van der Waals surface area contributed by atoms with Crippen LogP contribution in [0.4, 0.5) is 4.39 Å². The number of halogens is 1. The van der Waals surface area contributed by atoms with Crippen LogP contribution < -0.4 is 0 Å². The van der Waals surface area contributed by atoms with Crippen molar-refractivity contribution in [1.82, 2.24) is 19.7 Å². The largest absolute Gasteiger partial charge is 0.333 e. The van der Waals surface area contributed by atoms with E-state index >= 15 is 0 Å². The molecule has 0 radical (unpaired) electrons. The van der Waals surface area contributed by atoms with Crippen LogP contribution in [0.15, 0.2) is 41.8 Å². The van der Waals surface area contributed by atoms with Crippen molar-refractivity contribution in [1.29, 1.82) is 0 Å². The second-order valence-corrected chi connectivity index (χ2v) is 8.42. The van der Waals surface area contributed by atoms with Crippen LogP contribution in [0, 0.1) is 11.7 Å². The molecule has 7 heteroatoms. The van der Waals surface area contributed by atoms with Gasteiger partial charge >= 0.3 is 0 Å². The van der Waals surface area contributed by atoms with E-state index in [0.29, 0.717) is 17.4 Å². The maximum atomic E-state index is 13.4. The van der Waals surface area contributed by atoms with Gasteiger partial charge in [0.05, 0.1) is 10.6 Å². The molecule has 5 nitrogen and oxygen atoms in total. The van der Waals surface area contributed by atoms with Crippen molar-refractivity contribution in [2.24, 2.45) is 5.92 Å². The number of thiophene rings is 1. The topological polar surface area (TPSA) is 51.0 Å². The van der Waals surface area contributed by atoms with Gasteiger partial charge in [-0.2, -0.15) is 0 Å². The lowest BCUT2D eigenvalue weighted by Crippen LogP contribution is -2.42. The Morgan fingerprint density at radius 1 is 1.29 bits per heavy atom. The number of carbonyl (C=O) groups excluding carboxylic acids is 1. The predicted octanol–water partition coefficient (Wildman–Crippen LogP) is 4.79. The van der Waals surface area contributed by atoms with Crippen LogP contribution in [0.2, 0.25) is 0 Å². The van der Waals surface area contributed by atoms with Gasteiger partial charge in [-0.15, -0.1) is 16.4 Å². The Hall–Kier alpha value is -2.54. The summed E-state index contributed by atoms with van der Waals surface area (Å²) in [6, 6.07) is 10.0. The molecule has 146 valence electrons. The minimum atomic E-state index is -0.315. The zero-order valence-electron chi connectivity index (χ0n) is 16.0. The molecule has 0 bridgehead atoms. The lowest BCUT2D eigenvalue weighted by atomic mass is 9.85. The summed E-state index contributed by atoms with van der Waals surface area (Å²) in [6.07, 6.45) is 3.59. The van der Waals surface area contributed by atoms with Crippen molar-refractivity contribution in [2.75, 3.05) is 6.54 Å². The van der Waals surface area contributed by atoms with Crippen molar-refractivity contribution in [3.63, 3.8) is 0 Å². The summed E-state index contributed by atoms with van der Waals surface area (Å²) in [7, 11) is 0. The molecule has 4 rings (SSSR count). The van der Waals surface area contributed by atoms with Crippen molar-refractivity contribution < 1.29 is 9.18 Å². The Morgan fingerprint density at radius 3 is 2.61 bits per heavy atom. The molecule has 1 aliphatic carbocycles. The Labute approximate surface area is 167 Å². The molecule has 0 unspecified atom stereocenters. The van der Waals surface area contributed by atoms with E-state index in [1.807, 2.05) is 36.3 Å². The fraction of sp³-hybridized carbons (Fsp3) is 0.381. The summed E-state index contributed by atoms with van der Waals surface area (Å²) in [5.74, 6) is 0.880. The van der Waals surface area contributed by atoms with Crippen LogP contribution in [-0.4, -0.2) is 38.2 Å². The van der Waals surface area contributed by atoms with E-state index in [4.69, 9.17) is 0 Å². The molecular weight excluding hydrogens is 375 g/mol. The van der Waals surface area contributed by atoms with Gasteiger partial charge in [-0.3, -0.25) is 4.79 Å². The van der Waals surface area contributed by atoms with Crippen molar-refractivity contribution in [3.05, 3.63) is 53.4 Å². The first-order valence-electron chi connectivity index (χ1n) is 9.61. The maximum absolute atomic E-state index is 13.4. The van der Waals surface area contributed by atoms with Gasteiger partial charge in [-0.05, 0) is 68.3 Å². The zero-order valence-corrected chi connectivity index (χ0v) is 16.8. The van der Waals surface area contributed by atoms with E-state index in [1.54, 1.807) is 16.8 Å². The summed E-state index contributed by atoms with van der Waals surface area (Å²) in [6.45, 7) is 4.79. The number of hydrogen-bond donors (Lipinski definition) is 0. The third-order valence-corrected chi connectivity index (χ3v) is 6.04. The first-order chi connectivity index (χ1) is 13.5. The number of carbonyl (C=O) groups is 1. The summed E-state index contributed by atoms with van der Waals surface area (Å²) < 4.78 is 15.0. The van der Waals surface area contributed by atoms with Crippen molar-refractivity contribution in [2.45, 2.75) is 39.2 Å². The first-order valence-corrected chi connectivity index (χ1v) is 10.5. The van der Waals surface area contributed by atoms with Crippen LogP contribution in [0.1, 0.15) is 43.7 Å². The molecular formula is C21H23FN4OS. The van der Waals surface area contributed by atoms with E-state index in [-0.39, 0.29) is 23.6 Å². The average molecular weight is 399 g/mol. The number of rotatable bonds is 6. The molecule has 2 heterocycles. The SMILES string of the molecule is CC(C)N(CC1CCC1)C(=O)c1nc(-c2cccs2)n(-c2ccc(F)cc2)n1. The lowest BCUT2D eigenvalue weighted by molar-refractivity contribution is 0.0620. The third kappa shape index (κ3) is 3.71. The monoisotopic (exact) mass is 398 g/mol. The number of aromatic nitrogens is 3. The standard InChI is InChI=1S/C21H23FN4OS/c1-14(2)25(13-15-5-3-6-15)21(27)19-23-20(18-7-4-12-28-18)26(24-19)17-10-8-16(22)9-11-17/h4,7-12,14-15H,3,5-6,13H2,1-2H3. The minimum absolute atomic E-state index is 0.0797. The molecule has 0 N–H and O–H groups in total. The molecule has 0 atom stereocenters. The van der Waals surface area contributed by atoms with Gasteiger partial charge in [0.2, 0.25) is 5.82 Å². The molecule has 2 aromatic heterocycles. The van der Waals surface area contributed by atoms with Gasteiger partial charge in [0.1, 0.15) is 5.82 Å². The van der Waals surface area contributed by atoms with Gasteiger partial charge in [0, 0.05) is 12.6 Å². The van der Waals surface area contributed by atoms with E-state index in [0.717, 1.165) is 11.4 Å². The zero-order chi connectivity index (χ0) is 19.7. The number of benzene rings is 1. The molecule has 1 aliphatic rings. The molecule has 1 fully saturated rings. The minimum Gasteiger partial charge on any atom is -0.333 e. The molecule has 1 aromatic carbocycles. The Kier molecular flexibility index (Phi) is 5.26. The van der Waals surface area contributed by atoms with Gasteiger partial charge < -0.3 is 4.90 Å². The first kappa shape index (κ1) is 18.8. The van der Waals surface area contributed by atoms with Gasteiger partial charge in [-0.25, -0.2) is 14.1 Å². The average Bonchev–Trinajstić information content (AvgIpc) is 3.30. The fourth-order valence-corrected chi connectivity index (χ4v) is 4.04. The van der Waals surface area contributed by atoms with E-state index in [1.165, 1.54) is 42.7 Å². The molecule has 0 spiro atoms. The summed E-state index contributed by atoms with van der Waals surface area (Å²) in [5, 5.41) is 6.47. The summed E-state index contributed by atoms with van der Waals surface area (Å²) in [5.41, 5.74) is 0.673. The quantitative estimate of drug-likeness (QED) is 0.600. The summed E-state index contributed by atoms with van der Waals surface area (Å²) >= 11 is 1.53. The second kappa shape index (κ2) is 7.83. The van der Waals surface area contributed by atoms with Crippen LogP contribution >= 0.6 is 11.3 Å². The van der Waals surface area contributed by atoms with Crippen LogP contribution in [0.3, 0.4) is 0 Å². The molecule has 1 saturated carbocycles. The van der Waals surface area contributed by atoms with Crippen LogP contribution in [0.5, 0.6) is 0 Å². The second-order valence-electron chi connectivity index (χ2n) is 7.47. The van der Waals surface area contributed by atoms with E-state index in [9.17, 15) is 9.18 Å². The number of amides is 1. The smallest absolute Gasteiger partial charge is 0.293 e. The third-order valence-electron chi connectivity index (χ3n) is 5.18. The highest BCUT2D eigenvalue weighted by Gasteiger charge is 2.29. The van der Waals surface area contributed by atoms with E-state index in [2.05, 4.69) is 10.1 Å². The summed E-state index contributed by atoms with van der Waals surface area (Å²) in [4.78, 5) is 20.6.